The molecule has 2 unspecified atom stereocenters. The van der Waals surface area contributed by atoms with Crippen molar-refractivity contribution >= 4 is 23.2 Å². The lowest BCUT2D eigenvalue weighted by Crippen LogP contribution is -2.47. The van der Waals surface area contributed by atoms with Crippen molar-refractivity contribution in [1.82, 2.24) is 0 Å². The van der Waals surface area contributed by atoms with Crippen molar-refractivity contribution in [2.45, 2.75) is 51.9 Å². The first kappa shape index (κ1) is 18.5. The van der Waals surface area contributed by atoms with Gasteiger partial charge in [-0.15, -0.1) is 0 Å². The lowest BCUT2D eigenvalue weighted by atomic mass is 9.56. The minimum absolute atomic E-state index is 0.0171. The zero-order valence-corrected chi connectivity index (χ0v) is 15.2. The molecule has 4 N–H and O–H groups in total. The average Bonchev–Trinajstić information content (AvgIpc) is 2.62. The second kappa shape index (κ2) is 6.78. The van der Waals surface area contributed by atoms with Gasteiger partial charge in [0.15, 0.2) is 0 Å². The number of carboxylic acids is 2. The molecule has 1 aromatic carbocycles. The number of nitrogens with two attached hydrogens (primary N) is 1. The molecule has 0 amide bonds. The summed E-state index contributed by atoms with van der Waals surface area (Å²) in [5.74, 6) is -1.85. The summed E-state index contributed by atoms with van der Waals surface area (Å²) < 4.78 is 0. The van der Waals surface area contributed by atoms with Gasteiger partial charge < -0.3 is 15.9 Å². The van der Waals surface area contributed by atoms with E-state index in [1.54, 1.807) is 19.1 Å². The maximum atomic E-state index is 12.5. The Morgan fingerprint density at radius 2 is 1.65 bits per heavy atom. The van der Waals surface area contributed by atoms with Crippen molar-refractivity contribution in [1.29, 1.82) is 0 Å². The summed E-state index contributed by atoms with van der Waals surface area (Å²) in [6.07, 6.45) is 7.16. The van der Waals surface area contributed by atoms with E-state index in [0.29, 0.717) is 12.1 Å². The highest BCUT2D eigenvalue weighted by molar-refractivity contribution is 5.87. The van der Waals surface area contributed by atoms with Gasteiger partial charge in [0.05, 0.1) is 10.8 Å². The van der Waals surface area contributed by atoms with E-state index >= 15 is 0 Å². The first-order valence-corrected chi connectivity index (χ1v) is 9.31. The van der Waals surface area contributed by atoms with E-state index in [9.17, 15) is 19.8 Å². The average molecular weight is 357 g/mol. The maximum absolute atomic E-state index is 12.5. The Balaban J connectivity index is 2.13. The topological polar surface area (TPSA) is 101 Å². The fraction of sp³-hybridized carbons (Fsp3) is 0.524. The molecule has 2 aliphatic rings. The Kier molecular flexibility index (Phi) is 4.82. The van der Waals surface area contributed by atoms with Crippen LogP contribution in [0.2, 0.25) is 0 Å². The quantitative estimate of drug-likeness (QED) is 0.702. The fourth-order valence-electron chi connectivity index (χ4n) is 4.77. The largest absolute Gasteiger partial charge is 0.481 e. The molecule has 2 atom stereocenters. The zero-order chi connectivity index (χ0) is 18.9. The van der Waals surface area contributed by atoms with Gasteiger partial charge >= 0.3 is 11.9 Å². The van der Waals surface area contributed by atoms with Gasteiger partial charge in [0.1, 0.15) is 0 Å². The number of allylic oxidation sites excluding steroid dienone is 1. The van der Waals surface area contributed by atoms with Gasteiger partial charge in [-0.05, 0) is 61.8 Å². The van der Waals surface area contributed by atoms with Crippen LogP contribution in [0.1, 0.15) is 57.4 Å². The molecule has 0 spiro atoms. The van der Waals surface area contributed by atoms with Crippen molar-refractivity contribution in [2.24, 2.45) is 16.7 Å². The smallest absolute Gasteiger partial charge is 0.313 e. The molecule has 0 radical (unpaired) electrons. The van der Waals surface area contributed by atoms with Gasteiger partial charge in [-0.25, -0.2) is 0 Å². The molecular weight excluding hydrogens is 330 g/mol. The number of nitrogen functional groups attached to an aromatic ring is 1. The molecule has 0 aromatic heterocycles. The summed E-state index contributed by atoms with van der Waals surface area (Å²) in [7, 11) is 0. The highest BCUT2D eigenvalue weighted by Gasteiger charge is 2.54. The summed E-state index contributed by atoms with van der Waals surface area (Å²) in [6.45, 7) is 1.68. The first-order chi connectivity index (χ1) is 12.3. The molecule has 0 heterocycles. The molecule has 1 fully saturated rings. The Morgan fingerprint density at radius 3 is 2.19 bits per heavy atom. The van der Waals surface area contributed by atoms with E-state index in [1.165, 1.54) is 0 Å². The van der Waals surface area contributed by atoms with Crippen LogP contribution in [0, 0.1) is 16.7 Å². The molecule has 5 nitrogen and oxygen atoms in total. The lowest BCUT2D eigenvalue weighted by molar-refractivity contribution is -0.158. The van der Waals surface area contributed by atoms with Crippen LogP contribution >= 0.6 is 0 Å². The van der Waals surface area contributed by atoms with Crippen LogP contribution in [0.4, 0.5) is 5.69 Å². The van der Waals surface area contributed by atoms with Gasteiger partial charge in [-0.3, -0.25) is 9.59 Å². The van der Waals surface area contributed by atoms with E-state index in [4.69, 9.17) is 5.73 Å². The minimum atomic E-state index is -1.12. The number of benzene rings is 1. The summed E-state index contributed by atoms with van der Waals surface area (Å²) in [5.41, 5.74) is 5.83. The number of hydrogen-bond donors (Lipinski definition) is 3. The van der Waals surface area contributed by atoms with Gasteiger partial charge in [0.2, 0.25) is 0 Å². The molecule has 3 rings (SSSR count). The third-order valence-corrected chi connectivity index (χ3v) is 6.22. The van der Waals surface area contributed by atoms with Gasteiger partial charge in [0, 0.05) is 5.69 Å². The molecule has 0 saturated heterocycles. The molecule has 0 aliphatic heterocycles. The molecule has 26 heavy (non-hydrogen) atoms. The maximum Gasteiger partial charge on any atom is 0.313 e. The van der Waals surface area contributed by atoms with E-state index < -0.39 is 22.8 Å². The predicted molar refractivity (Wildman–Crippen MR) is 100 cm³/mol. The Hall–Kier alpha value is -2.30. The van der Waals surface area contributed by atoms with Crippen LogP contribution in [0.3, 0.4) is 0 Å². The number of aliphatic carboxylic acids is 2. The number of hydrogen-bond acceptors (Lipinski definition) is 3. The first-order valence-electron chi connectivity index (χ1n) is 9.31. The third-order valence-electron chi connectivity index (χ3n) is 6.22. The molecule has 5 heteroatoms. The normalized spacial score (nSPS) is 29.8. The number of carbonyl (C=O) groups is 2. The van der Waals surface area contributed by atoms with Crippen molar-refractivity contribution in [3.05, 3.63) is 35.9 Å². The standard InChI is InChI=1S/C21H27NO4/c1-20(18(23)24)11-15(14-7-9-17(22)10-8-14)12-21(13-20,19(25)26)16-5-3-2-4-6-16/h7-10,12,16H,2-6,11,13,22H2,1H3,(H,23,24)(H,25,26). The highest BCUT2D eigenvalue weighted by Crippen LogP contribution is 2.54. The van der Waals surface area contributed by atoms with Crippen LogP contribution in [-0.2, 0) is 9.59 Å². The molecule has 2 aliphatic carbocycles. The lowest BCUT2D eigenvalue weighted by Gasteiger charge is -2.45. The van der Waals surface area contributed by atoms with E-state index in [2.05, 4.69) is 0 Å². The van der Waals surface area contributed by atoms with Crippen molar-refractivity contribution < 1.29 is 19.8 Å². The van der Waals surface area contributed by atoms with Gasteiger partial charge in [0.25, 0.3) is 0 Å². The van der Waals surface area contributed by atoms with Crippen LogP contribution < -0.4 is 5.73 Å². The fourth-order valence-corrected chi connectivity index (χ4v) is 4.77. The zero-order valence-electron chi connectivity index (χ0n) is 15.2. The molecule has 1 aromatic rings. The van der Waals surface area contributed by atoms with Crippen molar-refractivity contribution in [2.75, 3.05) is 5.73 Å². The molecule has 0 bridgehead atoms. The van der Waals surface area contributed by atoms with Crippen LogP contribution in [-0.4, -0.2) is 22.2 Å². The Morgan fingerprint density at radius 1 is 1.04 bits per heavy atom. The molecular formula is C21H27NO4. The third kappa shape index (κ3) is 3.22. The van der Waals surface area contributed by atoms with Crippen molar-refractivity contribution in [3.8, 4) is 0 Å². The second-order valence-electron chi connectivity index (χ2n) is 8.19. The summed E-state index contributed by atoms with van der Waals surface area (Å²) in [4.78, 5) is 24.5. The van der Waals surface area contributed by atoms with E-state index in [0.717, 1.165) is 43.2 Å². The molecule has 1 saturated carbocycles. The van der Waals surface area contributed by atoms with Crippen LogP contribution in [0.5, 0.6) is 0 Å². The minimum Gasteiger partial charge on any atom is -0.481 e. The van der Waals surface area contributed by atoms with E-state index in [1.807, 2.05) is 18.2 Å². The highest BCUT2D eigenvalue weighted by atomic mass is 16.4. The summed E-state index contributed by atoms with van der Waals surface area (Å²) in [6, 6.07) is 7.24. The number of rotatable bonds is 4. The monoisotopic (exact) mass is 357 g/mol. The number of anilines is 1. The Bertz CT molecular complexity index is 733. The van der Waals surface area contributed by atoms with Gasteiger partial charge in [-0.2, -0.15) is 0 Å². The Labute approximate surface area is 153 Å². The van der Waals surface area contributed by atoms with Crippen LogP contribution in [0.15, 0.2) is 30.3 Å². The van der Waals surface area contributed by atoms with E-state index in [-0.39, 0.29) is 12.3 Å². The van der Waals surface area contributed by atoms with Crippen molar-refractivity contribution in [3.63, 3.8) is 0 Å². The number of carboxylic acid groups (broad SMARTS) is 2. The summed E-state index contributed by atoms with van der Waals surface area (Å²) >= 11 is 0. The summed E-state index contributed by atoms with van der Waals surface area (Å²) in [5, 5.41) is 20.1. The predicted octanol–water partition coefficient (Wildman–Crippen LogP) is 4.19. The van der Waals surface area contributed by atoms with Gasteiger partial charge in [-0.1, -0.05) is 37.5 Å². The van der Waals surface area contributed by atoms with Crippen LogP contribution in [0.25, 0.3) is 5.57 Å². The second-order valence-corrected chi connectivity index (χ2v) is 8.19. The SMILES string of the molecule is CC1(C(=O)O)CC(c2ccc(N)cc2)=CC(C(=O)O)(C2CCCCC2)C1. The molecule has 140 valence electrons.